The maximum absolute atomic E-state index is 5.25. The highest BCUT2D eigenvalue weighted by Crippen LogP contribution is 2.11. The molecule has 11 heavy (non-hydrogen) atoms. The summed E-state index contributed by atoms with van der Waals surface area (Å²) in [5.41, 5.74) is 2.33. The summed E-state index contributed by atoms with van der Waals surface area (Å²) in [4.78, 5) is 0. The second kappa shape index (κ2) is 5.19. The minimum absolute atomic E-state index is 0.269. The maximum atomic E-state index is 5.25. The Morgan fingerprint density at radius 1 is 1.18 bits per heavy atom. The molecule has 0 saturated carbocycles. The fraction of sp³-hybridized carbons (Fsp3) is 0.556. The first-order chi connectivity index (χ1) is 5.06. The normalized spacial score (nSPS) is 9.36. The molecule has 0 aliphatic heterocycles. The van der Waals surface area contributed by atoms with Crippen molar-refractivity contribution in [1.29, 1.82) is 0 Å². The lowest BCUT2D eigenvalue weighted by Gasteiger charge is -2.10. The van der Waals surface area contributed by atoms with Gasteiger partial charge in [0.2, 0.25) is 0 Å². The Morgan fingerprint density at radius 3 is 1.73 bits per heavy atom. The van der Waals surface area contributed by atoms with Crippen molar-refractivity contribution in [1.82, 2.24) is 0 Å². The summed E-state index contributed by atoms with van der Waals surface area (Å²) >= 11 is 0. The van der Waals surface area contributed by atoms with Crippen LogP contribution in [-0.4, -0.2) is 14.0 Å². The summed E-state index contributed by atoms with van der Waals surface area (Å²) in [7, 11) is 1.73. The minimum Gasteiger partial charge on any atom is -0.438 e. The zero-order valence-electron chi connectivity index (χ0n) is 7.81. The molecule has 0 radical (unpaired) electrons. The molecule has 0 heterocycles. The molecule has 0 atom stereocenters. The summed E-state index contributed by atoms with van der Waals surface area (Å²) < 4.78 is 5.25. The van der Waals surface area contributed by atoms with Crippen LogP contribution in [0.15, 0.2) is 24.3 Å². The van der Waals surface area contributed by atoms with Crippen LogP contribution in [0.3, 0.4) is 0 Å². The zero-order valence-corrected chi connectivity index (χ0v) is 7.81. The van der Waals surface area contributed by atoms with Gasteiger partial charge in [0.25, 0.3) is 0 Å². The quantitative estimate of drug-likeness (QED) is 0.434. The van der Waals surface area contributed by atoms with Crippen LogP contribution in [0.25, 0.3) is 0 Å². The molecule has 0 rings (SSSR count). The van der Waals surface area contributed by atoms with Gasteiger partial charge in [0, 0.05) is 7.11 Å². The van der Waals surface area contributed by atoms with Gasteiger partial charge in [0.15, 0.2) is 0 Å². The van der Waals surface area contributed by atoms with Crippen LogP contribution >= 0.6 is 0 Å². The molecule has 0 amide bonds. The Morgan fingerprint density at radius 2 is 1.55 bits per heavy atom. The van der Waals surface area contributed by atoms with E-state index in [-0.39, 0.29) is 6.92 Å². The lowest BCUT2D eigenvalue weighted by Crippen LogP contribution is -2.15. The number of hydrogen-bond donors (Lipinski definition) is 0. The number of hydrogen-bond acceptors (Lipinski definition) is 1. The van der Waals surface area contributed by atoms with E-state index in [9.17, 15) is 0 Å². The molecule has 0 aliphatic carbocycles. The van der Waals surface area contributed by atoms with E-state index >= 15 is 0 Å². The first-order valence-electron chi connectivity index (χ1n) is 3.87. The molecule has 0 spiro atoms. The van der Waals surface area contributed by atoms with E-state index in [2.05, 4.69) is 13.2 Å². The molecule has 0 unspecified atom stereocenters. The maximum Gasteiger partial charge on any atom is 0.300 e. The van der Waals surface area contributed by atoms with E-state index < -0.39 is 0 Å². The molecule has 0 saturated heterocycles. The minimum atomic E-state index is 0.269. The van der Waals surface area contributed by atoms with Crippen LogP contribution in [0.2, 0.25) is 12.6 Å². The fourth-order valence-electron chi connectivity index (χ4n) is 1.02. The highest BCUT2D eigenvalue weighted by Gasteiger charge is 2.13. The molecule has 0 aromatic carbocycles. The van der Waals surface area contributed by atoms with Crippen molar-refractivity contribution in [2.75, 3.05) is 7.11 Å². The van der Waals surface area contributed by atoms with E-state index in [1.165, 1.54) is 0 Å². The van der Waals surface area contributed by atoms with Crippen LogP contribution in [0.1, 0.15) is 13.8 Å². The van der Waals surface area contributed by atoms with Gasteiger partial charge in [-0.25, -0.2) is 0 Å². The third kappa shape index (κ3) is 5.93. The summed E-state index contributed by atoms with van der Waals surface area (Å²) in [6.07, 6.45) is 1.87. The van der Waals surface area contributed by atoms with E-state index in [0.29, 0.717) is 0 Å². The van der Waals surface area contributed by atoms with Crippen LogP contribution in [0.4, 0.5) is 0 Å². The number of rotatable bonds is 5. The molecule has 62 valence electrons. The second-order valence-electron chi connectivity index (χ2n) is 3.18. The first kappa shape index (κ1) is 10.5. The highest BCUT2D eigenvalue weighted by atomic mass is 16.4. The van der Waals surface area contributed by atoms with Crippen molar-refractivity contribution in [2.24, 2.45) is 0 Å². The van der Waals surface area contributed by atoms with Crippen molar-refractivity contribution in [3.63, 3.8) is 0 Å². The molecule has 0 aromatic rings. The van der Waals surface area contributed by atoms with Gasteiger partial charge in [-0.2, -0.15) is 0 Å². The molecular weight excluding hydrogens is 135 g/mol. The predicted molar refractivity (Wildman–Crippen MR) is 52.0 cm³/mol. The Balaban J connectivity index is 3.76. The Labute approximate surface area is 70.3 Å². The van der Waals surface area contributed by atoms with Crippen LogP contribution in [0, 0.1) is 0 Å². The summed E-state index contributed by atoms with van der Waals surface area (Å²) in [5.74, 6) is 0. The summed E-state index contributed by atoms with van der Waals surface area (Å²) in [5, 5.41) is 0. The lowest BCUT2D eigenvalue weighted by atomic mass is 9.58. The van der Waals surface area contributed by atoms with Crippen LogP contribution < -0.4 is 0 Å². The van der Waals surface area contributed by atoms with E-state index in [4.69, 9.17) is 4.65 Å². The molecule has 0 N–H and O–H groups in total. The van der Waals surface area contributed by atoms with Gasteiger partial charge < -0.3 is 4.65 Å². The predicted octanol–water partition coefficient (Wildman–Crippen LogP) is 2.78. The van der Waals surface area contributed by atoms with Crippen molar-refractivity contribution in [2.45, 2.75) is 26.5 Å². The van der Waals surface area contributed by atoms with Crippen molar-refractivity contribution in [3.05, 3.63) is 24.3 Å². The van der Waals surface area contributed by atoms with Gasteiger partial charge in [-0.3, -0.25) is 0 Å². The van der Waals surface area contributed by atoms with E-state index in [1.54, 1.807) is 7.11 Å². The van der Waals surface area contributed by atoms with Gasteiger partial charge in [0.1, 0.15) is 0 Å². The Hall–Kier alpha value is -0.495. The number of allylic oxidation sites excluding steroid dienone is 2. The van der Waals surface area contributed by atoms with Crippen molar-refractivity contribution < 1.29 is 4.65 Å². The highest BCUT2D eigenvalue weighted by molar-refractivity contribution is 6.53. The van der Waals surface area contributed by atoms with Gasteiger partial charge in [-0.1, -0.05) is 11.1 Å². The second-order valence-corrected chi connectivity index (χ2v) is 3.18. The average molecular weight is 152 g/mol. The third-order valence-corrected chi connectivity index (χ3v) is 1.49. The largest absolute Gasteiger partial charge is 0.438 e. The molecule has 0 aromatic heterocycles. The molecule has 1 nitrogen and oxygen atoms in total. The van der Waals surface area contributed by atoms with E-state index in [0.717, 1.165) is 23.8 Å². The standard InChI is InChI=1S/C9H17BO/c1-8(2)6-10(11-5)7-9(3)4/h1,3,6-7H2,2,4-5H3. The summed E-state index contributed by atoms with van der Waals surface area (Å²) in [6, 6.07) is 0. The fourth-order valence-corrected chi connectivity index (χ4v) is 1.02. The third-order valence-electron chi connectivity index (χ3n) is 1.49. The molecule has 0 bridgehead atoms. The van der Waals surface area contributed by atoms with Crippen LogP contribution in [0.5, 0.6) is 0 Å². The van der Waals surface area contributed by atoms with Gasteiger partial charge in [0.05, 0.1) is 0 Å². The molecular formula is C9H17BO. The van der Waals surface area contributed by atoms with Gasteiger partial charge >= 0.3 is 6.92 Å². The van der Waals surface area contributed by atoms with Crippen molar-refractivity contribution in [3.8, 4) is 0 Å². The van der Waals surface area contributed by atoms with E-state index in [1.807, 2.05) is 13.8 Å². The summed E-state index contributed by atoms with van der Waals surface area (Å²) in [6.45, 7) is 12.0. The van der Waals surface area contributed by atoms with Gasteiger partial charge in [-0.15, -0.1) is 13.2 Å². The lowest BCUT2D eigenvalue weighted by molar-refractivity contribution is 0.422. The molecule has 2 heteroatoms. The van der Waals surface area contributed by atoms with Crippen molar-refractivity contribution >= 4 is 6.92 Å². The SMILES string of the molecule is C=C(C)CB(CC(=C)C)OC. The zero-order chi connectivity index (χ0) is 8.85. The average Bonchev–Trinajstić information content (AvgIpc) is 1.84. The Bertz CT molecular complexity index is 136. The smallest absolute Gasteiger partial charge is 0.300 e. The van der Waals surface area contributed by atoms with Gasteiger partial charge in [-0.05, 0) is 26.5 Å². The topological polar surface area (TPSA) is 9.23 Å². The molecule has 0 fully saturated rings. The Kier molecular flexibility index (Phi) is 4.96. The van der Waals surface area contributed by atoms with Crippen LogP contribution in [-0.2, 0) is 4.65 Å². The molecule has 0 aliphatic rings. The monoisotopic (exact) mass is 152 g/mol. The first-order valence-corrected chi connectivity index (χ1v) is 3.87.